The van der Waals surface area contributed by atoms with E-state index in [4.69, 9.17) is 4.74 Å². The third-order valence-corrected chi connectivity index (χ3v) is 6.95. The number of hydrogen-bond donors (Lipinski definition) is 2. The van der Waals surface area contributed by atoms with Gasteiger partial charge in [0.1, 0.15) is 0 Å². The number of rotatable bonds is 8. The number of hydrogen-bond acceptors (Lipinski definition) is 6. The van der Waals surface area contributed by atoms with Crippen molar-refractivity contribution in [2.24, 2.45) is 0 Å². The van der Waals surface area contributed by atoms with Gasteiger partial charge in [0.05, 0.1) is 34.6 Å². The van der Waals surface area contributed by atoms with Crippen molar-refractivity contribution < 1.29 is 17.9 Å². The lowest BCUT2D eigenvalue weighted by Gasteiger charge is -2.19. The van der Waals surface area contributed by atoms with Gasteiger partial charge in [0.15, 0.2) is 9.84 Å². The molecular weight excluding hydrogens is 390 g/mol. The predicted molar refractivity (Wildman–Crippen MR) is 110 cm³/mol. The van der Waals surface area contributed by atoms with Crippen LogP contribution in [0, 0.1) is 0 Å². The Morgan fingerprint density at radius 3 is 2.66 bits per heavy atom. The van der Waals surface area contributed by atoms with E-state index in [0.29, 0.717) is 12.1 Å². The number of carbonyl (C=O) groups excluding carboxylic acids is 1. The molecule has 1 aliphatic rings. The van der Waals surface area contributed by atoms with Gasteiger partial charge in [-0.25, -0.2) is 8.42 Å². The number of nitrogens with one attached hydrogen (secondary N) is 2. The number of methoxy groups -OCH3 is 1. The molecule has 0 fully saturated rings. The zero-order valence-electron chi connectivity index (χ0n) is 16.9. The Morgan fingerprint density at radius 1 is 1.31 bits per heavy atom. The maximum atomic E-state index is 12.8. The molecule has 1 aromatic carbocycles. The summed E-state index contributed by atoms with van der Waals surface area (Å²) in [7, 11) is -1.71. The van der Waals surface area contributed by atoms with Crippen molar-refractivity contribution in [2.75, 3.05) is 19.5 Å². The average Bonchev–Trinajstić information content (AvgIpc) is 3.15. The largest absolute Gasteiger partial charge is 0.382 e. The molecule has 1 amide bonds. The fraction of sp³-hybridized carbons (Fsp3) is 0.429. The molecule has 2 aromatic rings. The number of fused-ring (bicyclic) bond motifs is 1. The summed E-state index contributed by atoms with van der Waals surface area (Å²) < 4.78 is 29.3. The quantitative estimate of drug-likeness (QED) is 0.685. The Hall–Kier alpha value is -2.29. The molecule has 3 rings (SSSR count). The molecule has 1 aromatic heterocycles. The van der Waals surface area contributed by atoms with Crippen LogP contribution < -0.4 is 10.6 Å². The van der Waals surface area contributed by atoms with Crippen molar-refractivity contribution in [1.29, 1.82) is 0 Å². The highest BCUT2D eigenvalue weighted by molar-refractivity contribution is 7.91. The fourth-order valence-corrected chi connectivity index (χ4v) is 4.36. The molecule has 0 bridgehead atoms. The molecule has 156 valence electrons. The lowest BCUT2D eigenvalue weighted by molar-refractivity contribution is 0.0896. The second-order valence-corrected chi connectivity index (χ2v) is 9.34. The topological polar surface area (TPSA) is 97.4 Å². The van der Waals surface area contributed by atoms with Crippen molar-refractivity contribution in [2.45, 2.75) is 43.8 Å². The van der Waals surface area contributed by atoms with E-state index < -0.39 is 15.9 Å². The van der Waals surface area contributed by atoms with Crippen LogP contribution in [0.1, 0.15) is 59.5 Å². The summed E-state index contributed by atoms with van der Waals surface area (Å²) in [6.45, 7) is 4.68. The van der Waals surface area contributed by atoms with Gasteiger partial charge < -0.3 is 15.4 Å². The minimum Gasteiger partial charge on any atom is -0.382 e. The van der Waals surface area contributed by atoms with E-state index in [1.807, 2.05) is 6.07 Å². The summed E-state index contributed by atoms with van der Waals surface area (Å²) in [6.07, 6.45) is 2.55. The molecule has 0 saturated carbocycles. The van der Waals surface area contributed by atoms with Crippen LogP contribution in [0.3, 0.4) is 0 Å². The highest BCUT2D eigenvalue weighted by atomic mass is 32.2. The first-order valence-electron chi connectivity index (χ1n) is 9.74. The van der Waals surface area contributed by atoms with Crippen molar-refractivity contribution >= 4 is 15.7 Å². The van der Waals surface area contributed by atoms with Crippen LogP contribution in [0.4, 0.5) is 0 Å². The van der Waals surface area contributed by atoms with E-state index in [-0.39, 0.29) is 29.2 Å². The number of sulfone groups is 1. The summed E-state index contributed by atoms with van der Waals surface area (Å²) in [6, 6.07) is 8.27. The van der Waals surface area contributed by atoms with Gasteiger partial charge in [0, 0.05) is 25.9 Å². The normalized spacial score (nSPS) is 17.0. The van der Waals surface area contributed by atoms with Crippen LogP contribution in [-0.2, 0) is 21.1 Å². The van der Waals surface area contributed by atoms with E-state index in [1.54, 1.807) is 44.5 Å². The zero-order valence-corrected chi connectivity index (χ0v) is 17.8. The minimum atomic E-state index is -3.26. The Labute approximate surface area is 171 Å². The van der Waals surface area contributed by atoms with Crippen molar-refractivity contribution in [3.63, 3.8) is 0 Å². The number of amides is 1. The van der Waals surface area contributed by atoms with E-state index >= 15 is 0 Å². The molecule has 7 nitrogen and oxygen atoms in total. The third-order valence-electron chi connectivity index (χ3n) is 5.20. The molecule has 8 heteroatoms. The Kier molecular flexibility index (Phi) is 6.66. The Morgan fingerprint density at radius 2 is 2.03 bits per heavy atom. The Balaban J connectivity index is 1.78. The van der Waals surface area contributed by atoms with Crippen LogP contribution in [0.25, 0.3) is 0 Å². The van der Waals surface area contributed by atoms with Gasteiger partial charge in [-0.1, -0.05) is 26.0 Å². The Bertz CT molecular complexity index is 974. The number of carbonyl (C=O) groups is 1. The summed E-state index contributed by atoms with van der Waals surface area (Å²) in [5.74, 6) is -0.198. The number of aromatic nitrogens is 1. The van der Waals surface area contributed by atoms with Gasteiger partial charge in [-0.05, 0) is 35.7 Å². The lowest BCUT2D eigenvalue weighted by Crippen LogP contribution is -2.31. The van der Waals surface area contributed by atoms with E-state index in [9.17, 15) is 13.2 Å². The number of nitrogens with zero attached hydrogens (tertiary/aromatic N) is 1. The number of benzene rings is 1. The number of ether oxygens (including phenoxy) is 1. The molecule has 2 atom stereocenters. The van der Waals surface area contributed by atoms with Crippen LogP contribution >= 0.6 is 0 Å². The second-order valence-electron chi connectivity index (χ2n) is 7.06. The molecule has 0 spiro atoms. The summed E-state index contributed by atoms with van der Waals surface area (Å²) in [5, 5.41) is 6.35. The maximum Gasteiger partial charge on any atom is 0.253 e. The smallest absolute Gasteiger partial charge is 0.253 e. The number of pyridine rings is 1. The van der Waals surface area contributed by atoms with Crippen LogP contribution in [0.15, 0.2) is 41.4 Å². The van der Waals surface area contributed by atoms with Gasteiger partial charge in [-0.15, -0.1) is 0 Å². The molecule has 0 saturated heterocycles. The first kappa shape index (κ1) is 21.4. The highest BCUT2D eigenvalue weighted by Crippen LogP contribution is 2.26. The van der Waals surface area contributed by atoms with E-state index in [2.05, 4.69) is 22.5 Å². The summed E-state index contributed by atoms with van der Waals surface area (Å²) >= 11 is 0. The monoisotopic (exact) mass is 417 g/mol. The standard InChI is InChI=1S/C21H27N3O4S/c1-4-18-20-15(11-22-18)10-16(12-23-20)21(25)24-19(13-28-3)14-6-8-17(9-7-14)29(26,27)5-2/h6-10,12,18-19,22H,4-5,11,13H2,1-3H3,(H,24,25)/t18?,19-/m0/s1. The van der Waals surface area contributed by atoms with Gasteiger partial charge in [-0.3, -0.25) is 9.78 Å². The molecule has 29 heavy (non-hydrogen) atoms. The molecule has 1 aliphatic heterocycles. The van der Waals surface area contributed by atoms with E-state index in [0.717, 1.165) is 23.2 Å². The molecule has 1 unspecified atom stereocenters. The molecule has 2 N–H and O–H groups in total. The van der Waals surface area contributed by atoms with Crippen LogP contribution in [0.2, 0.25) is 0 Å². The molecule has 0 aliphatic carbocycles. The third kappa shape index (κ3) is 4.66. The van der Waals surface area contributed by atoms with Crippen molar-refractivity contribution in [3.8, 4) is 0 Å². The highest BCUT2D eigenvalue weighted by Gasteiger charge is 2.24. The van der Waals surface area contributed by atoms with Gasteiger partial charge in [0.25, 0.3) is 5.91 Å². The first-order chi connectivity index (χ1) is 13.9. The molecule has 2 heterocycles. The van der Waals surface area contributed by atoms with Crippen LogP contribution in [0.5, 0.6) is 0 Å². The SMILES string of the molecule is CCC1NCc2cc(C(=O)N[C@@H](COC)c3ccc(S(=O)(=O)CC)cc3)cnc21. The predicted octanol–water partition coefficient (Wildman–Crippen LogP) is 2.55. The van der Waals surface area contributed by atoms with Gasteiger partial charge in [-0.2, -0.15) is 0 Å². The van der Waals surface area contributed by atoms with Gasteiger partial charge in [0.2, 0.25) is 0 Å². The van der Waals surface area contributed by atoms with E-state index in [1.165, 1.54) is 0 Å². The lowest BCUT2D eigenvalue weighted by atomic mass is 10.1. The van der Waals surface area contributed by atoms with Crippen LogP contribution in [-0.4, -0.2) is 38.8 Å². The van der Waals surface area contributed by atoms with Gasteiger partial charge >= 0.3 is 0 Å². The second kappa shape index (κ2) is 9.02. The van der Waals surface area contributed by atoms with Crippen molar-refractivity contribution in [3.05, 3.63) is 58.9 Å². The summed E-state index contributed by atoms with van der Waals surface area (Å²) in [4.78, 5) is 17.6. The zero-order chi connectivity index (χ0) is 21.0. The average molecular weight is 418 g/mol. The summed E-state index contributed by atoms with van der Waals surface area (Å²) in [5.41, 5.74) is 3.32. The molecule has 0 radical (unpaired) electrons. The first-order valence-corrected chi connectivity index (χ1v) is 11.4. The maximum absolute atomic E-state index is 12.8. The minimum absolute atomic E-state index is 0.0453. The van der Waals surface area contributed by atoms with Crippen molar-refractivity contribution in [1.82, 2.24) is 15.6 Å². The molecular formula is C21H27N3O4S. The fourth-order valence-electron chi connectivity index (χ4n) is 3.47.